The summed E-state index contributed by atoms with van der Waals surface area (Å²) < 4.78 is 40.3. The van der Waals surface area contributed by atoms with Crippen LogP contribution in [0.1, 0.15) is 28.3 Å². The SMILES string of the molecule is COC(=O)[C@@H](N=C(c1ccccc1)c1ccccc1)[C@H](NS(=O)(=O)c1ccc(C)cc1)c1ccc(OC)cc1. The van der Waals surface area contributed by atoms with Gasteiger partial charge in [0.15, 0.2) is 6.04 Å². The number of hydrogen-bond donors (Lipinski definition) is 1. The van der Waals surface area contributed by atoms with Gasteiger partial charge in [0.25, 0.3) is 0 Å². The summed E-state index contributed by atoms with van der Waals surface area (Å²) in [5, 5.41) is 0. The van der Waals surface area contributed by atoms with E-state index < -0.39 is 28.1 Å². The molecule has 7 nitrogen and oxygen atoms in total. The van der Waals surface area contributed by atoms with Gasteiger partial charge in [0.1, 0.15) is 5.75 Å². The predicted molar refractivity (Wildman–Crippen MR) is 152 cm³/mol. The molecule has 0 bridgehead atoms. The number of carbonyl (C=O) groups is 1. The molecule has 4 aromatic carbocycles. The molecule has 0 spiro atoms. The Morgan fingerprint density at radius 1 is 0.769 bits per heavy atom. The van der Waals surface area contributed by atoms with E-state index in [-0.39, 0.29) is 4.90 Å². The van der Waals surface area contributed by atoms with Gasteiger partial charge in [0.05, 0.1) is 30.9 Å². The lowest BCUT2D eigenvalue weighted by molar-refractivity contribution is -0.142. The van der Waals surface area contributed by atoms with E-state index in [0.717, 1.165) is 16.7 Å². The topological polar surface area (TPSA) is 94.1 Å². The fourth-order valence-corrected chi connectivity index (χ4v) is 5.34. The molecule has 4 rings (SSSR count). The molecule has 0 amide bonds. The van der Waals surface area contributed by atoms with Gasteiger partial charge in [-0.1, -0.05) is 90.5 Å². The average molecular weight is 543 g/mol. The van der Waals surface area contributed by atoms with Gasteiger partial charge in [-0.25, -0.2) is 17.9 Å². The highest BCUT2D eigenvalue weighted by Gasteiger charge is 2.35. The first kappa shape index (κ1) is 27.8. The molecule has 2 atom stereocenters. The van der Waals surface area contributed by atoms with Gasteiger partial charge < -0.3 is 9.47 Å². The third-order valence-electron chi connectivity index (χ3n) is 6.21. The van der Waals surface area contributed by atoms with Crippen LogP contribution in [-0.2, 0) is 19.6 Å². The van der Waals surface area contributed by atoms with Crippen LogP contribution in [0.25, 0.3) is 0 Å². The smallest absolute Gasteiger partial charge is 0.332 e. The number of carbonyl (C=O) groups excluding carboxylic acids is 1. The molecule has 0 radical (unpaired) electrons. The molecule has 0 aromatic heterocycles. The number of nitrogens with zero attached hydrogens (tertiary/aromatic N) is 1. The number of esters is 1. The van der Waals surface area contributed by atoms with E-state index in [1.165, 1.54) is 19.2 Å². The predicted octanol–water partition coefficient (Wildman–Crippen LogP) is 5.10. The summed E-state index contributed by atoms with van der Waals surface area (Å²) >= 11 is 0. The maximum absolute atomic E-state index is 13.6. The first-order chi connectivity index (χ1) is 18.8. The van der Waals surface area contributed by atoms with Crippen molar-refractivity contribution in [2.75, 3.05) is 14.2 Å². The fraction of sp³-hybridized carbons (Fsp3) is 0.161. The highest BCUT2D eigenvalue weighted by Crippen LogP contribution is 2.27. The fourth-order valence-electron chi connectivity index (χ4n) is 4.11. The van der Waals surface area contributed by atoms with Crippen molar-refractivity contribution >= 4 is 21.7 Å². The summed E-state index contributed by atoms with van der Waals surface area (Å²) in [6.45, 7) is 1.88. The molecule has 0 saturated carbocycles. The number of aryl methyl sites for hydroxylation is 1. The van der Waals surface area contributed by atoms with Crippen molar-refractivity contribution < 1.29 is 22.7 Å². The van der Waals surface area contributed by atoms with E-state index in [2.05, 4.69) is 4.72 Å². The van der Waals surface area contributed by atoms with E-state index in [0.29, 0.717) is 17.0 Å². The third kappa shape index (κ3) is 6.79. The zero-order valence-corrected chi connectivity index (χ0v) is 22.8. The number of nitrogens with one attached hydrogen (secondary N) is 1. The van der Waals surface area contributed by atoms with Crippen molar-refractivity contribution in [2.45, 2.75) is 23.9 Å². The molecule has 0 fully saturated rings. The number of rotatable bonds is 10. The minimum atomic E-state index is -4.05. The van der Waals surface area contributed by atoms with Crippen molar-refractivity contribution in [3.05, 3.63) is 131 Å². The molecule has 4 aromatic rings. The molecule has 200 valence electrons. The van der Waals surface area contributed by atoms with Crippen LogP contribution in [0.4, 0.5) is 0 Å². The Morgan fingerprint density at radius 2 is 1.31 bits per heavy atom. The quantitative estimate of drug-likeness (QED) is 0.222. The van der Waals surface area contributed by atoms with Crippen molar-refractivity contribution in [1.29, 1.82) is 0 Å². The molecule has 39 heavy (non-hydrogen) atoms. The maximum Gasteiger partial charge on any atom is 0.332 e. The Kier molecular flexibility index (Phi) is 8.91. The Bertz CT molecular complexity index is 1480. The van der Waals surface area contributed by atoms with Gasteiger partial charge in [-0.3, -0.25) is 4.99 Å². The number of aliphatic imine (C=N–C) groups is 1. The molecule has 0 saturated heterocycles. The van der Waals surface area contributed by atoms with Crippen molar-refractivity contribution in [1.82, 2.24) is 4.72 Å². The van der Waals surface area contributed by atoms with Gasteiger partial charge in [-0.15, -0.1) is 0 Å². The first-order valence-corrected chi connectivity index (χ1v) is 13.8. The number of methoxy groups -OCH3 is 2. The summed E-state index contributed by atoms with van der Waals surface area (Å²) in [4.78, 5) is 18.3. The normalized spacial score (nSPS) is 12.7. The minimum Gasteiger partial charge on any atom is -0.497 e. The maximum atomic E-state index is 13.6. The molecule has 1 N–H and O–H groups in total. The minimum absolute atomic E-state index is 0.0746. The summed E-state index contributed by atoms with van der Waals surface area (Å²) in [7, 11) is -1.25. The largest absolute Gasteiger partial charge is 0.497 e. The average Bonchev–Trinajstić information content (AvgIpc) is 2.97. The Hall–Kier alpha value is -4.27. The Balaban J connectivity index is 1.89. The summed E-state index contributed by atoms with van der Waals surface area (Å²) in [5.41, 5.74) is 3.51. The second-order valence-corrected chi connectivity index (χ2v) is 10.6. The molecule has 0 heterocycles. The molecule has 0 aliphatic heterocycles. The van der Waals surface area contributed by atoms with E-state index in [1.807, 2.05) is 67.6 Å². The van der Waals surface area contributed by atoms with E-state index in [4.69, 9.17) is 14.5 Å². The van der Waals surface area contributed by atoms with Crippen LogP contribution >= 0.6 is 0 Å². The lowest BCUT2D eigenvalue weighted by Crippen LogP contribution is -2.40. The third-order valence-corrected chi connectivity index (χ3v) is 7.67. The van der Waals surface area contributed by atoms with Gasteiger partial charge >= 0.3 is 5.97 Å². The van der Waals surface area contributed by atoms with Crippen LogP contribution in [0, 0.1) is 6.92 Å². The highest BCUT2D eigenvalue weighted by molar-refractivity contribution is 7.89. The monoisotopic (exact) mass is 542 g/mol. The Labute approximate surface area is 229 Å². The van der Waals surface area contributed by atoms with Gasteiger partial charge in [-0.05, 0) is 36.8 Å². The van der Waals surface area contributed by atoms with Crippen LogP contribution in [0.15, 0.2) is 119 Å². The lowest BCUT2D eigenvalue weighted by Gasteiger charge is -2.25. The number of sulfonamides is 1. The summed E-state index contributed by atoms with van der Waals surface area (Å²) in [6.07, 6.45) is 0. The van der Waals surface area contributed by atoms with Crippen molar-refractivity contribution in [2.24, 2.45) is 4.99 Å². The van der Waals surface area contributed by atoms with Crippen LogP contribution in [-0.4, -0.2) is 40.4 Å². The standard InChI is InChI=1S/C31H30N2O5S/c1-22-14-20-27(21-15-22)39(35,36)33-29(25-16-18-26(37-2)19-17-25)30(31(34)38-3)32-28(23-10-6-4-7-11-23)24-12-8-5-9-13-24/h4-21,29-30,33H,1-3H3/t29-,30+/m1/s1. The van der Waals surface area contributed by atoms with E-state index in [9.17, 15) is 13.2 Å². The van der Waals surface area contributed by atoms with Crippen LogP contribution < -0.4 is 9.46 Å². The summed E-state index contributed by atoms with van der Waals surface area (Å²) in [5.74, 6) is -0.0990. The van der Waals surface area contributed by atoms with Crippen LogP contribution in [0.3, 0.4) is 0 Å². The number of benzene rings is 4. The molecule has 0 aliphatic carbocycles. The lowest BCUT2D eigenvalue weighted by atomic mass is 9.98. The summed E-state index contributed by atoms with van der Waals surface area (Å²) in [6, 6.07) is 29.8. The molecular formula is C31H30N2O5S. The molecule has 0 aliphatic rings. The second kappa shape index (κ2) is 12.5. The molecular weight excluding hydrogens is 512 g/mol. The highest BCUT2D eigenvalue weighted by atomic mass is 32.2. The Morgan fingerprint density at radius 3 is 1.79 bits per heavy atom. The zero-order chi connectivity index (χ0) is 27.8. The molecule has 0 unspecified atom stereocenters. The van der Waals surface area contributed by atoms with Gasteiger partial charge in [0, 0.05) is 11.1 Å². The molecule has 8 heteroatoms. The number of ether oxygens (including phenoxy) is 2. The first-order valence-electron chi connectivity index (χ1n) is 12.3. The number of hydrogen-bond acceptors (Lipinski definition) is 6. The van der Waals surface area contributed by atoms with Crippen molar-refractivity contribution in [3.63, 3.8) is 0 Å². The van der Waals surface area contributed by atoms with Crippen LogP contribution in [0.5, 0.6) is 5.75 Å². The van der Waals surface area contributed by atoms with Gasteiger partial charge in [0.2, 0.25) is 10.0 Å². The van der Waals surface area contributed by atoms with Gasteiger partial charge in [-0.2, -0.15) is 0 Å². The van der Waals surface area contributed by atoms with Crippen molar-refractivity contribution in [3.8, 4) is 5.75 Å². The van der Waals surface area contributed by atoms with E-state index in [1.54, 1.807) is 43.5 Å². The second-order valence-electron chi connectivity index (χ2n) is 8.86. The van der Waals surface area contributed by atoms with E-state index >= 15 is 0 Å². The zero-order valence-electron chi connectivity index (χ0n) is 21.9. The van der Waals surface area contributed by atoms with Crippen LogP contribution in [0.2, 0.25) is 0 Å².